The van der Waals surface area contributed by atoms with Crippen LogP contribution in [0, 0.1) is 5.82 Å². The Kier molecular flexibility index (Phi) is 5.22. The number of thioether (sulfide) groups is 1. The number of aliphatic carboxylic acids is 1. The van der Waals surface area contributed by atoms with Gasteiger partial charge in [0.1, 0.15) is 5.82 Å². The maximum absolute atomic E-state index is 13.4. The summed E-state index contributed by atoms with van der Waals surface area (Å²) >= 11 is 1.26. The smallest absolute Gasteiger partial charge is 0.313 e. The molecule has 2 N–H and O–H groups in total. The van der Waals surface area contributed by atoms with Crippen LogP contribution in [-0.2, 0) is 15.0 Å². The summed E-state index contributed by atoms with van der Waals surface area (Å²) in [4.78, 5) is 22.8. The fourth-order valence-electron chi connectivity index (χ4n) is 2.53. The molecule has 0 spiro atoms. The molecule has 0 saturated heterocycles. The quantitative estimate of drug-likeness (QED) is 0.758. The van der Waals surface area contributed by atoms with Crippen molar-refractivity contribution in [2.24, 2.45) is 0 Å². The first-order chi connectivity index (χ1) is 10.0. The maximum Gasteiger partial charge on any atom is 0.313 e. The van der Waals surface area contributed by atoms with Crippen molar-refractivity contribution in [3.63, 3.8) is 0 Å². The van der Waals surface area contributed by atoms with Crippen molar-refractivity contribution in [3.05, 3.63) is 35.6 Å². The molecular weight excluding hydrogens is 293 g/mol. The fourth-order valence-corrected chi connectivity index (χ4v) is 3.09. The fraction of sp³-hybridized carbons (Fsp3) is 0.467. The summed E-state index contributed by atoms with van der Waals surface area (Å²) in [6.45, 7) is 0.424. The van der Waals surface area contributed by atoms with Crippen molar-refractivity contribution in [2.45, 2.75) is 24.7 Å². The van der Waals surface area contributed by atoms with Gasteiger partial charge in [0.15, 0.2) is 0 Å². The zero-order chi connectivity index (χ0) is 15.3. The Morgan fingerprint density at radius 1 is 1.38 bits per heavy atom. The van der Waals surface area contributed by atoms with Crippen molar-refractivity contribution in [1.82, 2.24) is 5.32 Å². The van der Waals surface area contributed by atoms with Gasteiger partial charge in [0, 0.05) is 12.3 Å². The molecule has 1 aliphatic rings. The van der Waals surface area contributed by atoms with Gasteiger partial charge < -0.3 is 10.4 Å². The van der Waals surface area contributed by atoms with E-state index in [0.29, 0.717) is 12.3 Å². The van der Waals surface area contributed by atoms with E-state index < -0.39 is 11.4 Å². The molecule has 0 aromatic heterocycles. The number of hydrogen-bond acceptors (Lipinski definition) is 3. The van der Waals surface area contributed by atoms with E-state index in [2.05, 4.69) is 5.32 Å². The van der Waals surface area contributed by atoms with E-state index in [4.69, 9.17) is 5.11 Å². The van der Waals surface area contributed by atoms with E-state index in [1.807, 2.05) is 0 Å². The third-order valence-electron chi connectivity index (χ3n) is 3.78. The van der Waals surface area contributed by atoms with Gasteiger partial charge in [-0.15, -0.1) is 11.8 Å². The number of nitrogens with one attached hydrogen (secondary N) is 1. The van der Waals surface area contributed by atoms with Crippen molar-refractivity contribution in [3.8, 4) is 0 Å². The normalized spacial score (nSPS) is 16.0. The summed E-state index contributed by atoms with van der Waals surface area (Å²) in [6, 6.07) is 6.22. The van der Waals surface area contributed by atoms with Gasteiger partial charge in [-0.3, -0.25) is 9.59 Å². The van der Waals surface area contributed by atoms with Crippen molar-refractivity contribution in [2.75, 3.05) is 18.1 Å². The van der Waals surface area contributed by atoms with E-state index in [1.165, 1.54) is 23.9 Å². The molecule has 1 aliphatic carbocycles. The average Bonchev–Trinajstić information content (AvgIpc) is 2.36. The highest BCUT2D eigenvalue weighted by Gasteiger charge is 2.45. The lowest BCUT2D eigenvalue weighted by molar-refractivity contribution is -0.134. The number of carboxylic acids is 1. The summed E-state index contributed by atoms with van der Waals surface area (Å²) < 4.78 is 13.4. The number of rotatable bonds is 7. The Morgan fingerprint density at radius 2 is 2.14 bits per heavy atom. The lowest BCUT2D eigenvalue weighted by atomic mass is 9.64. The third-order valence-corrected chi connectivity index (χ3v) is 4.72. The second-order valence-electron chi connectivity index (χ2n) is 5.15. The van der Waals surface area contributed by atoms with E-state index >= 15 is 0 Å². The second kappa shape index (κ2) is 6.93. The molecule has 0 bridgehead atoms. The van der Waals surface area contributed by atoms with Gasteiger partial charge in [0.2, 0.25) is 5.91 Å². The first kappa shape index (κ1) is 15.8. The first-order valence-electron chi connectivity index (χ1n) is 6.88. The first-order valence-corrected chi connectivity index (χ1v) is 8.04. The molecule has 1 saturated carbocycles. The van der Waals surface area contributed by atoms with Crippen LogP contribution in [0.3, 0.4) is 0 Å². The van der Waals surface area contributed by atoms with E-state index in [9.17, 15) is 14.0 Å². The zero-order valence-corrected chi connectivity index (χ0v) is 12.4. The molecule has 1 aromatic rings. The molecule has 0 aliphatic heterocycles. The van der Waals surface area contributed by atoms with Crippen molar-refractivity contribution in [1.29, 1.82) is 0 Å². The van der Waals surface area contributed by atoms with Crippen LogP contribution in [0.1, 0.15) is 24.8 Å². The Labute approximate surface area is 127 Å². The predicted octanol–water partition coefficient (Wildman–Crippen LogP) is 2.18. The molecule has 6 heteroatoms. The Morgan fingerprint density at radius 3 is 2.71 bits per heavy atom. The molecule has 1 aromatic carbocycles. The molecule has 0 radical (unpaired) electrons. The molecule has 0 atom stereocenters. The number of carbonyl (C=O) groups is 2. The molecule has 114 valence electrons. The van der Waals surface area contributed by atoms with Crippen LogP contribution in [0.25, 0.3) is 0 Å². The van der Waals surface area contributed by atoms with E-state index in [-0.39, 0.29) is 17.5 Å². The number of hydrogen-bond donors (Lipinski definition) is 2. The number of benzene rings is 1. The minimum atomic E-state index is -0.860. The highest BCUT2D eigenvalue weighted by atomic mass is 32.2. The molecule has 0 unspecified atom stereocenters. The van der Waals surface area contributed by atoms with Gasteiger partial charge in [-0.25, -0.2) is 4.39 Å². The molecule has 4 nitrogen and oxygen atoms in total. The van der Waals surface area contributed by atoms with Crippen LogP contribution in [-0.4, -0.2) is 35.0 Å². The van der Waals surface area contributed by atoms with Crippen LogP contribution >= 0.6 is 11.8 Å². The van der Waals surface area contributed by atoms with Crippen LogP contribution in [0.15, 0.2) is 24.3 Å². The predicted molar refractivity (Wildman–Crippen MR) is 79.9 cm³/mol. The molecule has 1 fully saturated rings. The monoisotopic (exact) mass is 311 g/mol. The number of halogens is 1. The largest absolute Gasteiger partial charge is 0.481 e. The minimum absolute atomic E-state index is 0.0326. The summed E-state index contributed by atoms with van der Waals surface area (Å²) in [5, 5.41) is 11.4. The minimum Gasteiger partial charge on any atom is -0.481 e. The van der Waals surface area contributed by atoms with Crippen LogP contribution in [0.2, 0.25) is 0 Å². The zero-order valence-electron chi connectivity index (χ0n) is 11.6. The molecule has 1 amide bonds. The number of amides is 1. The summed E-state index contributed by atoms with van der Waals surface area (Å²) in [5.41, 5.74) is 0.115. The Balaban J connectivity index is 1.91. The number of carboxylic acid groups (broad SMARTS) is 1. The van der Waals surface area contributed by atoms with E-state index in [1.54, 1.807) is 12.1 Å². The van der Waals surface area contributed by atoms with Gasteiger partial charge >= 0.3 is 5.97 Å². The average molecular weight is 311 g/mol. The van der Waals surface area contributed by atoms with Crippen molar-refractivity contribution >= 4 is 23.6 Å². The van der Waals surface area contributed by atoms with Gasteiger partial charge in [-0.05, 0) is 30.5 Å². The van der Waals surface area contributed by atoms with Crippen molar-refractivity contribution < 1.29 is 19.1 Å². The maximum atomic E-state index is 13.4. The van der Waals surface area contributed by atoms with Crippen LogP contribution < -0.4 is 5.32 Å². The highest BCUT2D eigenvalue weighted by Crippen LogP contribution is 2.44. The second-order valence-corrected chi connectivity index (χ2v) is 6.25. The lowest BCUT2D eigenvalue weighted by Crippen LogP contribution is -2.49. The summed E-state index contributed by atoms with van der Waals surface area (Å²) in [7, 11) is 0. The summed E-state index contributed by atoms with van der Waals surface area (Å²) in [5.74, 6) is -0.692. The van der Waals surface area contributed by atoms with Gasteiger partial charge in [-0.2, -0.15) is 0 Å². The van der Waals surface area contributed by atoms with Crippen LogP contribution in [0.4, 0.5) is 4.39 Å². The summed E-state index contributed by atoms with van der Waals surface area (Å²) in [6.07, 6.45) is 2.41. The molecule has 21 heavy (non-hydrogen) atoms. The van der Waals surface area contributed by atoms with E-state index in [0.717, 1.165) is 24.8 Å². The lowest BCUT2D eigenvalue weighted by Gasteiger charge is -2.40. The third kappa shape index (κ3) is 3.75. The topological polar surface area (TPSA) is 66.4 Å². The van der Waals surface area contributed by atoms with Gasteiger partial charge in [-0.1, -0.05) is 18.6 Å². The number of carbonyl (C=O) groups excluding carboxylic acids is 1. The standard InChI is InChI=1S/C15H18FNO3S/c16-12-4-1-3-11(9-12)15(5-2-6-15)14(20)17-7-8-21-10-13(18)19/h1,3-4,9H,2,5-8,10H2,(H,17,20)(H,18,19). The van der Waals surface area contributed by atoms with Gasteiger partial charge in [0.25, 0.3) is 0 Å². The molecular formula is C15H18FNO3S. The van der Waals surface area contributed by atoms with Gasteiger partial charge in [0.05, 0.1) is 11.2 Å². The Bertz CT molecular complexity index is 531. The van der Waals surface area contributed by atoms with Crippen LogP contribution in [0.5, 0.6) is 0 Å². The Hall–Kier alpha value is -1.56. The highest BCUT2D eigenvalue weighted by molar-refractivity contribution is 7.99. The molecule has 0 heterocycles. The SMILES string of the molecule is O=C(O)CSCCNC(=O)C1(c2cccc(F)c2)CCC1. The molecule has 2 rings (SSSR count).